The van der Waals surface area contributed by atoms with Crippen LogP contribution in [0.5, 0.6) is 5.75 Å². The molecule has 0 bridgehead atoms. The Balaban J connectivity index is 0.00000280. The Hall–Kier alpha value is -1.84. The highest BCUT2D eigenvalue weighted by Gasteiger charge is 2.22. The van der Waals surface area contributed by atoms with Gasteiger partial charge in [-0.15, -0.1) is 24.0 Å². The number of fused-ring (bicyclic) bond motifs is 1. The maximum atomic E-state index is 5.91. The maximum Gasteiger partial charge on any atom is 0.191 e. The van der Waals surface area contributed by atoms with Crippen molar-refractivity contribution >= 4 is 29.9 Å². The van der Waals surface area contributed by atoms with E-state index in [4.69, 9.17) is 9.73 Å². The fraction of sp³-hybridized carbons (Fsp3) is 0.550. The molecule has 1 aliphatic heterocycles. The Morgan fingerprint density at radius 3 is 2.82 bits per heavy atom. The molecule has 0 spiro atoms. The van der Waals surface area contributed by atoms with Crippen LogP contribution in [0.4, 0.5) is 0 Å². The van der Waals surface area contributed by atoms with Gasteiger partial charge in [-0.25, -0.2) is 14.7 Å². The molecule has 3 rings (SSSR count). The highest BCUT2D eigenvalue weighted by molar-refractivity contribution is 14.0. The highest BCUT2D eigenvalue weighted by Crippen LogP contribution is 2.14. The molecule has 2 atom stereocenters. The van der Waals surface area contributed by atoms with Crippen molar-refractivity contribution in [1.82, 2.24) is 25.4 Å². The lowest BCUT2D eigenvalue weighted by atomic mass is 10.1. The van der Waals surface area contributed by atoms with Crippen molar-refractivity contribution in [3.63, 3.8) is 0 Å². The van der Waals surface area contributed by atoms with Crippen molar-refractivity contribution in [2.75, 3.05) is 13.1 Å². The summed E-state index contributed by atoms with van der Waals surface area (Å²) in [7, 11) is 0. The lowest BCUT2D eigenvalue weighted by molar-refractivity contribution is 0.230. The number of nitrogens with zero attached hydrogens (tertiary/aromatic N) is 4. The molecule has 2 heterocycles. The van der Waals surface area contributed by atoms with E-state index >= 15 is 0 Å². The molecule has 0 amide bonds. The molecule has 0 radical (unpaired) electrons. The fourth-order valence-electron chi connectivity index (χ4n) is 3.13. The number of hydrogen-bond donors (Lipinski definition) is 2. The highest BCUT2D eigenvalue weighted by atomic mass is 127. The first-order valence-electron chi connectivity index (χ1n) is 9.87. The van der Waals surface area contributed by atoms with Gasteiger partial charge < -0.3 is 15.4 Å². The molecule has 0 fully saturated rings. The number of rotatable bonds is 7. The summed E-state index contributed by atoms with van der Waals surface area (Å²) >= 11 is 0. The van der Waals surface area contributed by atoms with Gasteiger partial charge in [-0.3, -0.25) is 0 Å². The zero-order valence-corrected chi connectivity index (χ0v) is 19.2. The summed E-state index contributed by atoms with van der Waals surface area (Å²) < 4.78 is 7.94. The summed E-state index contributed by atoms with van der Waals surface area (Å²) in [4.78, 5) is 9.29. The number of guanidine groups is 1. The van der Waals surface area contributed by atoms with Gasteiger partial charge in [0.05, 0.1) is 13.1 Å². The van der Waals surface area contributed by atoms with E-state index in [1.807, 2.05) is 41.9 Å². The van der Waals surface area contributed by atoms with Crippen molar-refractivity contribution in [1.29, 1.82) is 0 Å². The lowest BCUT2D eigenvalue weighted by Crippen LogP contribution is -2.47. The largest absolute Gasteiger partial charge is 0.489 e. The lowest BCUT2D eigenvalue weighted by Gasteiger charge is -2.25. The number of aromatic nitrogens is 3. The number of aryl methyl sites for hydroxylation is 2. The summed E-state index contributed by atoms with van der Waals surface area (Å²) in [6, 6.07) is 10.2. The van der Waals surface area contributed by atoms with Gasteiger partial charge in [-0.2, -0.15) is 5.10 Å². The predicted molar refractivity (Wildman–Crippen MR) is 123 cm³/mol. The second-order valence-electron chi connectivity index (χ2n) is 6.82. The first kappa shape index (κ1) is 22.4. The molecule has 0 saturated carbocycles. The number of ether oxygens (including phenoxy) is 1. The minimum Gasteiger partial charge on any atom is -0.489 e. The van der Waals surface area contributed by atoms with Crippen LogP contribution in [-0.2, 0) is 19.4 Å². The quantitative estimate of drug-likeness (QED) is 0.349. The van der Waals surface area contributed by atoms with Gasteiger partial charge in [-0.05, 0) is 32.4 Å². The zero-order chi connectivity index (χ0) is 19.1. The van der Waals surface area contributed by atoms with Crippen LogP contribution in [0.3, 0.4) is 0 Å². The van der Waals surface area contributed by atoms with Crippen LogP contribution in [0.25, 0.3) is 0 Å². The van der Waals surface area contributed by atoms with Crippen LogP contribution in [-0.4, -0.2) is 46.0 Å². The molecule has 8 heteroatoms. The molecule has 1 aromatic carbocycles. The number of aliphatic imine (C=N–C) groups is 1. The number of hydrogen-bond acceptors (Lipinski definition) is 4. The first-order valence-corrected chi connectivity index (χ1v) is 9.87. The average Bonchev–Trinajstić information content (AvgIpc) is 3.09. The molecule has 2 unspecified atom stereocenters. The van der Waals surface area contributed by atoms with E-state index < -0.39 is 0 Å². The smallest absolute Gasteiger partial charge is 0.191 e. The van der Waals surface area contributed by atoms with Gasteiger partial charge in [0.25, 0.3) is 0 Å². The van der Waals surface area contributed by atoms with E-state index in [1.54, 1.807) is 0 Å². The molecule has 0 saturated heterocycles. The van der Waals surface area contributed by atoms with E-state index in [2.05, 4.69) is 34.6 Å². The summed E-state index contributed by atoms with van der Waals surface area (Å²) in [5.41, 5.74) is 0. The standard InChI is InChI=1S/C20H30N6O.HI/c1-4-18-24-19-12-11-16(14-26(19)25-18)23-20(21-5-2)22-13-15(3)27-17-9-7-6-8-10-17;/h6-10,15-16H,4-5,11-14H2,1-3H3,(H2,21,22,23);1H. The van der Waals surface area contributed by atoms with Gasteiger partial charge in [0.2, 0.25) is 0 Å². The van der Waals surface area contributed by atoms with E-state index in [0.29, 0.717) is 12.6 Å². The summed E-state index contributed by atoms with van der Waals surface area (Å²) in [5, 5.41) is 11.4. The van der Waals surface area contributed by atoms with E-state index in [1.165, 1.54) is 0 Å². The number of halogens is 1. The molecule has 7 nitrogen and oxygen atoms in total. The van der Waals surface area contributed by atoms with Crippen molar-refractivity contribution < 1.29 is 4.74 Å². The van der Waals surface area contributed by atoms with Crippen LogP contribution < -0.4 is 15.4 Å². The predicted octanol–water partition coefficient (Wildman–Crippen LogP) is 2.80. The summed E-state index contributed by atoms with van der Waals surface area (Å²) in [6.45, 7) is 8.43. The molecule has 0 aliphatic carbocycles. The molecule has 28 heavy (non-hydrogen) atoms. The summed E-state index contributed by atoms with van der Waals surface area (Å²) in [5.74, 6) is 3.72. The molecule has 1 aliphatic rings. The third-order valence-electron chi connectivity index (χ3n) is 4.49. The van der Waals surface area contributed by atoms with Crippen molar-refractivity contribution in [2.45, 2.75) is 58.7 Å². The Morgan fingerprint density at radius 1 is 1.32 bits per heavy atom. The van der Waals surface area contributed by atoms with E-state index in [0.717, 1.165) is 55.7 Å². The zero-order valence-electron chi connectivity index (χ0n) is 16.9. The molecule has 1 aromatic heterocycles. The van der Waals surface area contributed by atoms with Gasteiger partial charge in [0.1, 0.15) is 17.7 Å². The fourth-order valence-corrected chi connectivity index (χ4v) is 3.13. The van der Waals surface area contributed by atoms with Gasteiger partial charge in [-0.1, -0.05) is 25.1 Å². The van der Waals surface area contributed by atoms with Crippen LogP contribution in [0.1, 0.15) is 38.8 Å². The van der Waals surface area contributed by atoms with Crippen molar-refractivity contribution in [3.8, 4) is 5.75 Å². The average molecular weight is 498 g/mol. The van der Waals surface area contributed by atoms with Crippen molar-refractivity contribution in [3.05, 3.63) is 42.0 Å². The monoisotopic (exact) mass is 498 g/mol. The Labute approximate surface area is 184 Å². The number of benzene rings is 1. The molecule has 2 N–H and O–H groups in total. The number of nitrogens with one attached hydrogen (secondary N) is 2. The Bertz CT molecular complexity index is 748. The minimum atomic E-state index is 0. The van der Waals surface area contributed by atoms with E-state index in [-0.39, 0.29) is 30.1 Å². The SMILES string of the molecule is CCNC(=NCC(C)Oc1ccccc1)NC1CCc2nc(CC)nn2C1.I. The second-order valence-corrected chi connectivity index (χ2v) is 6.82. The van der Waals surface area contributed by atoms with Crippen LogP contribution in [0.15, 0.2) is 35.3 Å². The second kappa shape index (κ2) is 11.2. The van der Waals surface area contributed by atoms with Crippen LogP contribution in [0.2, 0.25) is 0 Å². The normalized spacial score (nSPS) is 17.2. The molecular weight excluding hydrogens is 467 g/mol. The van der Waals surface area contributed by atoms with Gasteiger partial charge >= 0.3 is 0 Å². The maximum absolute atomic E-state index is 5.91. The van der Waals surface area contributed by atoms with Crippen molar-refractivity contribution in [2.24, 2.45) is 4.99 Å². The third kappa shape index (κ3) is 6.35. The molecular formula is C20H31IN6O. The van der Waals surface area contributed by atoms with Gasteiger partial charge in [0.15, 0.2) is 11.8 Å². The first-order chi connectivity index (χ1) is 13.2. The minimum absolute atomic E-state index is 0. The molecule has 2 aromatic rings. The van der Waals surface area contributed by atoms with E-state index in [9.17, 15) is 0 Å². The van der Waals surface area contributed by atoms with Crippen LogP contribution in [0, 0.1) is 0 Å². The van der Waals surface area contributed by atoms with Gasteiger partial charge in [0, 0.05) is 25.4 Å². The Morgan fingerprint density at radius 2 is 2.11 bits per heavy atom. The van der Waals surface area contributed by atoms with Crippen LogP contribution >= 0.6 is 24.0 Å². The summed E-state index contributed by atoms with van der Waals surface area (Å²) in [6.07, 6.45) is 2.85. The Kier molecular flexibility index (Phi) is 9.01. The number of para-hydroxylation sites is 1. The molecule has 154 valence electrons. The topological polar surface area (TPSA) is 76.4 Å². The third-order valence-corrected chi connectivity index (χ3v) is 4.49.